The fourth-order valence-corrected chi connectivity index (χ4v) is 6.06. The first kappa shape index (κ1) is 36.9. The summed E-state index contributed by atoms with van der Waals surface area (Å²) in [5.41, 5.74) is 0. The summed E-state index contributed by atoms with van der Waals surface area (Å²) in [6.07, 6.45) is 34.4. The molecule has 0 saturated heterocycles. The van der Waals surface area contributed by atoms with E-state index in [4.69, 9.17) is 0 Å². The SMILES string of the molecule is CCCCCCCCC(CCCCCC)CN(CCNC)CC(CCCCCC)CCCCCCCC. The smallest absolute Gasteiger partial charge is 0.0107 e. The highest BCUT2D eigenvalue weighted by atomic mass is 15.1. The van der Waals surface area contributed by atoms with Crippen molar-refractivity contribution in [1.29, 1.82) is 0 Å². The van der Waals surface area contributed by atoms with Crippen LogP contribution in [0.15, 0.2) is 0 Å². The first-order valence-electron chi connectivity index (χ1n) is 17.6. The standard InChI is InChI=1S/C35H74N2/c1-6-10-14-18-20-24-28-34(26-22-16-12-8-3)32-37(31-30-36-5)33-35(27-23-17-13-9-4)29-25-21-19-15-11-7-2/h34-36H,6-33H2,1-5H3. The minimum absolute atomic E-state index is 0.912. The molecule has 0 fully saturated rings. The zero-order valence-corrected chi connectivity index (χ0v) is 26.9. The van der Waals surface area contributed by atoms with Crippen molar-refractivity contribution in [2.75, 3.05) is 33.2 Å². The quantitative estimate of drug-likeness (QED) is 0.0910. The molecule has 0 heterocycles. The Kier molecular flexibility index (Phi) is 30.4. The third-order valence-corrected chi connectivity index (χ3v) is 8.57. The van der Waals surface area contributed by atoms with Crippen molar-refractivity contribution in [2.24, 2.45) is 11.8 Å². The summed E-state index contributed by atoms with van der Waals surface area (Å²) < 4.78 is 0. The second-order valence-electron chi connectivity index (χ2n) is 12.4. The lowest BCUT2D eigenvalue weighted by molar-refractivity contribution is 0.174. The van der Waals surface area contributed by atoms with Crippen LogP contribution in [0.3, 0.4) is 0 Å². The van der Waals surface area contributed by atoms with Gasteiger partial charge in [-0.2, -0.15) is 0 Å². The Labute approximate surface area is 236 Å². The third kappa shape index (κ3) is 25.9. The molecule has 2 unspecified atom stereocenters. The molecular weight excluding hydrogens is 448 g/mol. The lowest BCUT2D eigenvalue weighted by Crippen LogP contribution is -2.38. The Morgan fingerprint density at radius 2 is 0.730 bits per heavy atom. The molecule has 0 bridgehead atoms. The maximum Gasteiger partial charge on any atom is 0.0107 e. The average Bonchev–Trinajstić information content (AvgIpc) is 2.90. The largest absolute Gasteiger partial charge is 0.318 e. The van der Waals surface area contributed by atoms with E-state index in [0.717, 1.165) is 18.4 Å². The Morgan fingerprint density at radius 3 is 1.05 bits per heavy atom. The first-order chi connectivity index (χ1) is 18.2. The Morgan fingerprint density at radius 1 is 0.432 bits per heavy atom. The number of hydrogen-bond donors (Lipinski definition) is 1. The molecule has 224 valence electrons. The fourth-order valence-electron chi connectivity index (χ4n) is 6.06. The maximum atomic E-state index is 3.47. The van der Waals surface area contributed by atoms with Gasteiger partial charge in [-0.05, 0) is 44.6 Å². The molecule has 2 atom stereocenters. The van der Waals surface area contributed by atoms with Crippen molar-refractivity contribution in [3.8, 4) is 0 Å². The van der Waals surface area contributed by atoms with Gasteiger partial charge in [0.05, 0.1) is 0 Å². The zero-order chi connectivity index (χ0) is 27.2. The van der Waals surface area contributed by atoms with E-state index in [-0.39, 0.29) is 0 Å². The number of nitrogens with zero attached hydrogens (tertiary/aromatic N) is 1. The number of likely N-dealkylation sites (N-methyl/N-ethyl adjacent to an activating group) is 1. The summed E-state index contributed by atoms with van der Waals surface area (Å²) in [7, 11) is 2.13. The fraction of sp³-hybridized carbons (Fsp3) is 1.00. The molecular formula is C35H74N2. The molecule has 0 aliphatic rings. The highest BCUT2D eigenvalue weighted by Gasteiger charge is 2.18. The predicted molar refractivity (Wildman–Crippen MR) is 171 cm³/mol. The van der Waals surface area contributed by atoms with Crippen molar-refractivity contribution in [1.82, 2.24) is 10.2 Å². The molecule has 2 heteroatoms. The summed E-state index contributed by atoms with van der Waals surface area (Å²) in [5.74, 6) is 1.82. The minimum atomic E-state index is 0.912. The van der Waals surface area contributed by atoms with E-state index in [1.165, 1.54) is 174 Å². The molecule has 0 radical (unpaired) electrons. The normalized spacial score (nSPS) is 13.5. The maximum absolute atomic E-state index is 3.47. The van der Waals surface area contributed by atoms with Crippen LogP contribution in [0.2, 0.25) is 0 Å². The van der Waals surface area contributed by atoms with Crippen LogP contribution in [0.1, 0.15) is 182 Å². The van der Waals surface area contributed by atoms with Crippen molar-refractivity contribution >= 4 is 0 Å². The van der Waals surface area contributed by atoms with Gasteiger partial charge in [-0.1, -0.05) is 156 Å². The van der Waals surface area contributed by atoms with Crippen LogP contribution in [-0.2, 0) is 0 Å². The molecule has 0 aromatic carbocycles. The van der Waals surface area contributed by atoms with Crippen molar-refractivity contribution in [3.63, 3.8) is 0 Å². The van der Waals surface area contributed by atoms with Crippen molar-refractivity contribution in [3.05, 3.63) is 0 Å². The molecule has 0 aromatic rings. The topological polar surface area (TPSA) is 15.3 Å². The summed E-state index contributed by atoms with van der Waals surface area (Å²) in [6, 6.07) is 0. The zero-order valence-electron chi connectivity index (χ0n) is 26.9. The van der Waals surface area contributed by atoms with Crippen LogP contribution in [0.5, 0.6) is 0 Å². The van der Waals surface area contributed by atoms with Gasteiger partial charge in [-0.3, -0.25) is 0 Å². The van der Waals surface area contributed by atoms with Crippen LogP contribution in [0, 0.1) is 11.8 Å². The van der Waals surface area contributed by atoms with Gasteiger partial charge in [-0.25, -0.2) is 0 Å². The van der Waals surface area contributed by atoms with E-state index >= 15 is 0 Å². The number of hydrogen-bond acceptors (Lipinski definition) is 2. The molecule has 0 rings (SSSR count). The second-order valence-corrected chi connectivity index (χ2v) is 12.4. The molecule has 0 spiro atoms. The van der Waals surface area contributed by atoms with E-state index in [1.54, 1.807) is 0 Å². The van der Waals surface area contributed by atoms with E-state index in [0.29, 0.717) is 0 Å². The van der Waals surface area contributed by atoms with Crippen LogP contribution < -0.4 is 5.32 Å². The summed E-state index contributed by atoms with van der Waals surface area (Å²) in [5, 5.41) is 3.47. The van der Waals surface area contributed by atoms with Gasteiger partial charge in [0.15, 0.2) is 0 Å². The van der Waals surface area contributed by atoms with E-state index < -0.39 is 0 Å². The summed E-state index contributed by atoms with van der Waals surface area (Å²) >= 11 is 0. The number of nitrogens with one attached hydrogen (secondary N) is 1. The van der Waals surface area contributed by atoms with Gasteiger partial charge < -0.3 is 10.2 Å². The number of unbranched alkanes of at least 4 members (excludes halogenated alkanes) is 16. The lowest BCUT2D eigenvalue weighted by atomic mass is 9.91. The molecule has 0 aliphatic heterocycles. The second kappa shape index (κ2) is 30.5. The van der Waals surface area contributed by atoms with E-state index in [2.05, 4.69) is 45.0 Å². The first-order valence-corrected chi connectivity index (χ1v) is 17.6. The van der Waals surface area contributed by atoms with Gasteiger partial charge in [-0.15, -0.1) is 0 Å². The molecule has 0 aliphatic carbocycles. The molecule has 0 amide bonds. The van der Waals surface area contributed by atoms with Crippen molar-refractivity contribution in [2.45, 2.75) is 182 Å². The molecule has 1 N–H and O–H groups in total. The van der Waals surface area contributed by atoms with E-state index in [1.807, 2.05) is 0 Å². The Hall–Kier alpha value is -0.0800. The Balaban J connectivity index is 4.95. The summed E-state index contributed by atoms with van der Waals surface area (Å²) in [6.45, 7) is 14.4. The lowest BCUT2D eigenvalue weighted by Gasteiger charge is -2.31. The van der Waals surface area contributed by atoms with Crippen molar-refractivity contribution < 1.29 is 0 Å². The highest BCUT2D eigenvalue weighted by molar-refractivity contribution is 4.73. The molecule has 37 heavy (non-hydrogen) atoms. The van der Waals surface area contributed by atoms with Gasteiger partial charge >= 0.3 is 0 Å². The average molecular weight is 523 g/mol. The van der Waals surface area contributed by atoms with Gasteiger partial charge in [0.1, 0.15) is 0 Å². The van der Waals surface area contributed by atoms with Crippen LogP contribution in [0.25, 0.3) is 0 Å². The summed E-state index contributed by atoms with van der Waals surface area (Å²) in [4.78, 5) is 2.90. The van der Waals surface area contributed by atoms with E-state index in [9.17, 15) is 0 Å². The molecule has 0 aromatic heterocycles. The van der Waals surface area contributed by atoms with Crippen LogP contribution in [0.4, 0.5) is 0 Å². The molecule has 2 nitrogen and oxygen atoms in total. The number of rotatable bonds is 31. The van der Waals surface area contributed by atoms with Crippen LogP contribution in [-0.4, -0.2) is 38.1 Å². The van der Waals surface area contributed by atoms with Crippen LogP contribution >= 0.6 is 0 Å². The predicted octanol–water partition coefficient (Wildman–Crippen LogP) is 11.2. The van der Waals surface area contributed by atoms with Gasteiger partial charge in [0.25, 0.3) is 0 Å². The monoisotopic (exact) mass is 523 g/mol. The van der Waals surface area contributed by atoms with Gasteiger partial charge in [0, 0.05) is 26.2 Å². The molecule has 0 saturated carbocycles. The Bertz CT molecular complexity index is 376. The highest BCUT2D eigenvalue weighted by Crippen LogP contribution is 2.24. The third-order valence-electron chi connectivity index (χ3n) is 8.57. The minimum Gasteiger partial charge on any atom is -0.318 e. The van der Waals surface area contributed by atoms with Gasteiger partial charge in [0.2, 0.25) is 0 Å².